The number of nitrogens with one attached hydrogen (secondary N) is 1. The van der Waals surface area contributed by atoms with E-state index in [1.165, 1.54) is 37.0 Å². The summed E-state index contributed by atoms with van der Waals surface area (Å²) in [7, 11) is 1.44. The van der Waals surface area contributed by atoms with Gasteiger partial charge in [0, 0.05) is 30.6 Å². The van der Waals surface area contributed by atoms with Crippen LogP contribution in [0.5, 0.6) is 11.5 Å². The normalized spacial score (nSPS) is 14.9. The number of hydrogen-bond donors (Lipinski definition) is 1. The number of unbranched alkanes of at least 4 members (excludes halogenated alkanes) is 1. The highest BCUT2D eigenvalue weighted by Gasteiger charge is 2.27. The van der Waals surface area contributed by atoms with Gasteiger partial charge in [0.15, 0.2) is 11.5 Å². The van der Waals surface area contributed by atoms with Crippen molar-refractivity contribution in [2.45, 2.75) is 45.3 Å². The van der Waals surface area contributed by atoms with E-state index in [0.29, 0.717) is 5.69 Å². The molecule has 10 heteroatoms. The molecule has 1 aliphatic heterocycles. The van der Waals surface area contributed by atoms with E-state index in [1.54, 1.807) is 5.51 Å². The second-order valence-corrected chi connectivity index (χ2v) is 8.21. The maximum absolute atomic E-state index is 12.9. The first-order valence-corrected chi connectivity index (χ1v) is 11.4. The zero-order chi connectivity index (χ0) is 22.2. The third-order valence-electron chi connectivity index (χ3n) is 5.33. The zero-order valence-corrected chi connectivity index (χ0v) is 18.7. The Morgan fingerprint density at radius 1 is 1.35 bits per heavy atom. The average molecular weight is 449 g/mol. The first-order chi connectivity index (χ1) is 15.0. The molecule has 0 saturated carbocycles. The van der Waals surface area contributed by atoms with Crippen molar-refractivity contribution in [1.82, 2.24) is 15.2 Å². The molecule has 2 heterocycles. The largest absolute Gasteiger partial charge is 0.493 e. The van der Waals surface area contributed by atoms with Crippen LogP contribution in [0.1, 0.15) is 48.7 Å². The number of carbonyl (C=O) groups is 1. The Hall–Kier alpha value is -2.72. The van der Waals surface area contributed by atoms with Gasteiger partial charge in [0.25, 0.3) is 11.6 Å². The number of hydrogen-bond acceptors (Lipinski definition) is 8. The molecular weight excluding hydrogens is 420 g/mol. The van der Waals surface area contributed by atoms with Gasteiger partial charge in [0.1, 0.15) is 12.2 Å². The second kappa shape index (κ2) is 11.1. The van der Waals surface area contributed by atoms with E-state index < -0.39 is 10.8 Å². The predicted octanol–water partition coefficient (Wildman–Crippen LogP) is 3.63. The number of piperidine rings is 1. The minimum absolute atomic E-state index is 0.00318. The molecule has 0 radical (unpaired) electrons. The Labute approximate surface area is 185 Å². The molecule has 0 bridgehead atoms. The summed E-state index contributed by atoms with van der Waals surface area (Å²) in [6.07, 6.45) is 3.98. The summed E-state index contributed by atoms with van der Waals surface area (Å²) in [6.45, 7) is 5.23. The van der Waals surface area contributed by atoms with Crippen LogP contribution in [-0.2, 0) is 6.61 Å². The zero-order valence-electron chi connectivity index (χ0n) is 17.8. The maximum atomic E-state index is 12.9. The van der Waals surface area contributed by atoms with Gasteiger partial charge in [-0.2, -0.15) is 0 Å². The van der Waals surface area contributed by atoms with Crippen molar-refractivity contribution in [2.24, 2.45) is 0 Å². The van der Waals surface area contributed by atoms with Crippen LogP contribution in [0.3, 0.4) is 0 Å². The van der Waals surface area contributed by atoms with Gasteiger partial charge < -0.3 is 19.7 Å². The number of amides is 1. The van der Waals surface area contributed by atoms with Crippen LogP contribution in [0.25, 0.3) is 0 Å². The highest BCUT2D eigenvalue weighted by atomic mass is 32.1. The molecule has 2 aromatic rings. The van der Waals surface area contributed by atoms with Gasteiger partial charge in [-0.1, -0.05) is 13.3 Å². The third kappa shape index (κ3) is 6.14. The van der Waals surface area contributed by atoms with Crippen molar-refractivity contribution in [3.05, 3.63) is 44.4 Å². The van der Waals surface area contributed by atoms with Crippen LogP contribution in [0.15, 0.2) is 23.0 Å². The van der Waals surface area contributed by atoms with E-state index in [2.05, 4.69) is 22.1 Å². The van der Waals surface area contributed by atoms with Gasteiger partial charge in [-0.05, 0) is 25.8 Å². The first kappa shape index (κ1) is 23.0. The van der Waals surface area contributed by atoms with E-state index in [0.717, 1.165) is 38.9 Å². The Bertz CT molecular complexity index is 882. The Balaban J connectivity index is 1.70. The number of likely N-dealkylation sites (tertiary alicyclic amines) is 1. The van der Waals surface area contributed by atoms with Gasteiger partial charge in [-0.3, -0.25) is 14.9 Å². The smallest absolute Gasteiger partial charge is 0.286 e. The van der Waals surface area contributed by atoms with Crippen LogP contribution in [0, 0.1) is 10.1 Å². The Morgan fingerprint density at radius 3 is 2.74 bits per heavy atom. The van der Waals surface area contributed by atoms with E-state index in [4.69, 9.17) is 9.47 Å². The number of methoxy groups -OCH3 is 1. The maximum Gasteiger partial charge on any atom is 0.286 e. The highest BCUT2D eigenvalue weighted by Crippen LogP contribution is 2.35. The van der Waals surface area contributed by atoms with Gasteiger partial charge in [-0.15, -0.1) is 11.3 Å². The van der Waals surface area contributed by atoms with Gasteiger partial charge in [-0.25, -0.2) is 4.98 Å². The van der Waals surface area contributed by atoms with Gasteiger partial charge in [0.2, 0.25) is 0 Å². The first-order valence-electron chi connectivity index (χ1n) is 10.4. The number of rotatable bonds is 10. The number of nitro groups is 1. The SMILES string of the molecule is CCCCN1CCC(NC(=O)c2cc(OC)c(OCc3cscn3)cc2[N+](=O)[O-])CC1. The number of nitrogens with zero attached hydrogens (tertiary/aromatic N) is 3. The van der Waals surface area contributed by atoms with Crippen LogP contribution < -0.4 is 14.8 Å². The monoisotopic (exact) mass is 448 g/mol. The van der Waals surface area contributed by atoms with Crippen LogP contribution >= 0.6 is 11.3 Å². The summed E-state index contributed by atoms with van der Waals surface area (Å²) in [4.78, 5) is 30.5. The molecule has 3 rings (SSSR count). The molecular formula is C21H28N4O5S. The number of nitro benzene ring substituents is 1. The summed E-state index contributed by atoms with van der Waals surface area (Å²) >= 11 is 1.43. The lowest BCUT2D eigenvalue weighted by Gasteiger charge is -2.32. The third-order valence-corrected chi connectivity index (χ3v) is 5.97. The lowest BCUT2D eigenvalue weighted by molar-refractivity contribution is -0.385. The molecule has 1 aromatic carbocycles. The molecule has 9 nitrogen and oxygen atoms in total. The summed E-state index contributed by atoms with van der Waals surface area (Å²) in [5.41, 5.74) is 2.05. The molecule has 1 amide bonds. The van der Waals surface area contributed by atoms with Crippen molar-refractivity contribution in [2.75, 3.05) is 26.7 Å². The molecule has 0 atom stereocenters. The highest BCUT2D eigenvalue weighted by molar-refractivity contribution is 7.07. The van der Waals surface area contributed by atoms with Crippen molar-refractivity contribution in [1.29, 1.82) is 0 Å². The molecule has 1 aliphatic rings. The van der Waals surface area contributed by atoms with Crippen molar-refractivity contribution in [3.63, 3.8) is 0 Å². The fourth-order valence-electron chi connectivity index (χ4n) is 3.56. The van der Waals surface area contributed by atoms with Crippen molar-refractivity contribution in [3.8, 4) is 11.5 Å². The summed E-state index contributed by atoms with van der Waals surface area (Å²) < 4.78 is 11.0. The van der Waals surface area contributed by atoms with Crippen molar-refractivity contribution >= 4 is 22.9 Å². The van der Waals surface area contributed by atoms with E-state index in [9.17, 15) is 14.9 Å². The van der Waals surface area contributed by atoms with Crippen LogP contribution in [0.2, 0.25) is 0 Å². The average Bonchev–Trinajstić information content (AvgIpc) is 3.30. The number of thiazole rings is 1. The standard InChI is InChI=1S/C21H28N4O5S/c1-3-4-7-24-8-5-15(6-9-24)23-21(26)17-10-19(29-2)20(11-18(17)25(27)28)30-12-16-13-31-14-22-16/h10-11,13-15H,3-9,12H2,1-2H3,(H,23,26). The summed E-state index contributed by atoms with van der Waals surface area (Å²) in [5, 5.41) is 16.4. The lowest BCUT2D eigenvalue weighted by Crippen LogP contribution is -2.44. The number of aromatic nitrogens is 1. The molecule has 31 heavy (non-hydrogen) atoms. The molecule has 1 saturated heterocycles. The van der Waals surface area contributed by atoms with E-state index >= 15 is 0 Å². The van der Waals surface area contributed by atoms with Gasteiger partial charge in [0.05, 0.1) is 29.3 Å². The fourth-order valence-corrected chi connectivity index (χ4v) is 4.10. The van der Waals surface area contributed by atoms with Gasteiger partial charge >= 0.3 is 0 Å². The fraction of sp³-hybridized carbons (Fsp3) is 0.524. The minimum Gasteiger partial charge on any atom is -0.493 e. The Morgan fingerprint density at radius 2 is 2.13 bits per heavy atom. The molecule has 1 fully saturated rings. The van der Waals surface area contributed by atoms with Crippen LogP contribution in [-0.4, -0.2) is 53.5 Å². The molecule has 0 aliphatic carbocycles. The molecule has 1 aromatic heterocycles. The molecule has 0 unspecified atom stereocenters. The van der Waals surface area contributed by atoms with Crippen LogP contribution in [0.4, 0.5) is 5.69 Å². The number of benzene rings is 1. The molecule has 0 spiro atoms. The number of carbonyl (C=O) groups excluding carboxylic acids is 1. The van der Waals surface area contributed by atoms with Crippen molar-refractivity contribution < 1.29 is 19.2 Å². The number of ether oxygens (including phenoxy) is 2. The molecule has 168 valence electrons. The topological polar surface area (TPSA) is 107 Å². The minimum atomic E-state index is -0.572. The predicted molar refractivity (Wildman–Crippen MR) is 118 cm³/mol. The quantitative estimate of drug-likeness (QED) is 0.437. The summed E-state index contributed by atoms with van der Waals surface area (Å²) in [5.74, 6) is -0.00796. The van der Waals surface area contributed by atoms with E-state index in [1.807, 2.05) is 5.38 Å². The van der Waals surface area contributed by atoms with E-state index in [-0.39, 0.29) is 35.4 Å². The second-order valence-electron chi connectivity index (χ2n) is 7.49. The Kier molecular flexibility index (Phi) is 8.19. The summed E-state index contributed by atoms with van der Waals surface area (Å²) in [6, 6.07) is 2.62. The lowest BCUT2D eigenvalue weighted by atomic mass is 10.0. The molecule has 1 N–H and O–H groups in total.